The second kappa shape index (κ2) is 9.16. The van der Waals surface area contributed by atoms with Gasteiger partial charge in [0, 0.05) is 12.5 Å². The van der Waals surface area contributed by atoms with Crippen molar-refractivity contribution in [1.29, 1.82) is 0 Å². The van der Waals surface area contributed by atoms with Crippen molar-refractivity contribution in [1.82, 2.24) is 0 Å². The zero-order valence-corrected chi connectivity index (χ0v) is 8.12. The molecule has 0 aliphatic rings. The third-order valence-electron chi connectivity index (χ3n) is 1.26. The lowest BCUT2D eigenvalue weighted by Crippen LogP contribution is -1.93. The molecule has 0 N–H and O–H groups in total. The molecule has 2 nitrogen and oxygen atoms in total. The van der Waals surface area contributed by atoms with E-state index in [1.54, 1.807) is 12.2 Å². The van der Waals surface area contributed by atoms with Crippen molar-refractivity contribution in [2.24, 2.45) is 0 Å². The number of terminal acetylenes is 1. The fourth-order valence-electron chi connectivity index (χ4n) is 0.624. The predicted molar refractivity (Wildman–Crippen MR) is 56.1 cm³/mol. The van der Waals surface area contributed by atoms with Crippen LogP contribution in [0, 0.1) is 24.2 Å². The Morgan fingerprint density at radius 3 is 2.93 bits per heavy atom. The zero-order chi connectivity index (χ0) is 10.6. The van der Waals surface area contributed by atoms with Crippen molar-refractivity contribution in [3.05, 3.63) is 24.3 Å². The Morgan fingerprint density at radius 2 is 2.29 bits per heavy atom. The number of esters is 1. The first kappa shape index (κ1) is 12.1. The van der Waals surface area contributed by atoms with Crippen LogP contribution in [0.25, 0.3) is 0 Å². The number of ether oxygens (including phenoxy) is 1. The number of carbonyl (C=O) groups excluding carboxylic acids is 1. The maximum absolute atomic E-state index is 10.6. The first-order chi connectivity index (χ1) is 6.81. The molecule has 0 heterocycles. The van der Waals surface area contributed by atoms with Gasteiger partial charge in [0.15, 0.2) is 0 Å². The van der Waals surface area contributed by atoms with Gasteiger partial charge in [0.1, 0.15) is 0 Å². The number of carbonyl (C=O) groups is 1. The van der Waals surface area contributed by atoms with E-state index in [9.17, 15) is 4.79 Å². The average molecular weight is 188 g/mol. The Bertz CT molecular complexity index is 318. The van der Waals surface area contributed by atoms with Gasteiger partial charge in [-0.2, -0.15) is 0 Å². The summed E-state index contributed by atoms with van der Waals surface area (Å²) in [6.45, 7) is 0. The van der Waals surface area contributed by atoms with E-state index in [4.69, 9.17) is 6.42 Å². The highest BCUT2D eigenvalue weighted by atomic mass is 16.5. The molecule has 0 aliphatic carbocycles. The maximum atomic E-state index is 10.6. The highest BCUT2D eigenvalue weighted by molar-refractivity contribution is 5.81. The summed E-state index contributed by atoms with van der Waals surface area (Å²) >= 11 is 0. The quantitative estimate of drug-likeness (QED) is 0.291. The normalized spacial score (nSPS) is 9.43. The number of rotatable bonds is 3. The summed E-state index contributed by atoms with van der Waals surface area (Å²) in [6.07, 6.45) is 12.7. The number of hydrogen-bond donors (Lipinski definition) is 0. The van der Waals surface area contributed by atoms with Gasteiger partial charge in [0.2, 0.25) is 0 Å². The van der Waals surface area contributed by atoms with Crippen LogP contribution in [0.2, 0.25) is 0 Å². The number of methoxy groups -OCH3 is 1. The fraction of sp³-hybridized carbons (Fsp3) is 0.250. The van der Waals surface area contributed by atoms with Crippen molar-refractivity contribution in [2.45, 2.75) is 12.8 Å². The summed E-state index contributed by atoms with van der Waals surface area (Å²) in [5, 5.41) is 0. The maximum Gasteiger partial charge on any atom is 0.330 e. The molecule has 0 aliphatic heterocycles. The Morgan fingerprint density at radius 1 is 1.50 bits per heavy atom. The van der Waals surface area contributed by atoms with E-state index in [2.05, 4.69) is 22.5 Å². The van der Waals surface area contributed by atoms with Crippen LogP contribution in [-0.4, -0.2) is 13.1 Å². The minimum Gasteiger partial charge on any atom is -0.466 e. The smallest absolute Gasteiger partial charge is 0.330 e. The lowest BCUT2D eigenvalue weighted by Gasteiger charge is -1.87. The van der Waals surface area contributed by atoms with Crippen molar-refractivity contribution in [2.75, 3.05) is 7.11 Å². The van der Waals surface area contributed by atoms with E-state index in [-0.39, 0.29) is 5.97 Å². The molecular weight excluding hydrogens is 176 g/mol. The summed E-state index contributed by atoms with van der Waals surface area (Å²) in [6, 6.07) is 0. The Hall–Kier alpha value is -1.93. The van der Waals surface area contributed by atoms with Crippen molar-refractivity contribution < 1.29 is 9.53 Å². The van der Waals surface area contributed by atoms with E-state index in [1.807, 2.05) is 0 Å². The van der Waals surface area contributed by atoms with Crippen molar-refractivity contribution in [3.8, 4) is 24.2 Å². The van der Waals surface area contributed by atoms with Crippen LogP contribution in [0.3, 0.4) is 0 Å². The Balaban J connectivity index is 3.60. The van der Waals surface area contributed by atoms with Gasteiger partial charge < -0.3 is 4.74 Å². The molecule has 0 rings (SSSR count). The molecule has 0 bridgehead atoms. The van der Waals surface area contributed by atoms with Crippen molar-refractivity contribution in [3.63, 3.8) is 0 Å². The molecule has 14 heavy (non-hydrogen) atoms. The summed E-state index contributed by atoms with van der Waals surface area (Å²) in [4.78, 5) is 10.6. The lowest BCUT2D eigenvalue weighted by molar-refractivity contribution is -0.134. The number of unbranched alkanes of at least 4 members (excludes halogenated alkanes) is 1. The largest absolute Gasteiger partial charge is 0.466 e. The molecule has 0 saturated carbocycles. The molecule has 0 amide bonds. The van der Waals surface area contributed by atoms with Crippen LogP contribution in [0.4, 0.5) is 0 Å². The van der Waals surface area contributed by atoms with Crippen molar-refractivity contribution >= 4 is 5.97 Å². The number of hydrogen-bond acceptors (Lipinski definition) is 2. The van der Waals surface area contributed by atoms with Crippen LogP contribution in [0.15, 0.2) is 24.3 Å². The van der Waals surface area contributed by atoms with E-state index in [1.165, 1.54) is 19.3 Å². The standard InChI is InChI=1S/C12H12O2/c1-3-4-5-6-7-8-9-10-11-12(13)14-2/h1,4-5,10-11H,8-9H2,2H3/b5-4+,11-10+. The minimum absolute atomic E-state index is 0.342. The van der Waals surface area contributed by atoms with Crippen LogP contribution in [0.1, 0.15) is 12.8 Å². The van der Waals surface area contributed by atoms with E-state index in [0.29, 0.717) is 6.42 Å². The van der Waals surface area contributed by atoms with Gasteiger partial charge in [-0.3, -0.25) is 0 Å². The summed E-state index contributed by atoms with van der Waals surface area (Å²) in [5.74, 6) is 7.63. The molecule has 2 heteroatoms. The molecule has 0 aromatic heterocycles. The third kappa shape index (κ3) is 8.17. The first-order valence-corrected chi connectivity index (χ1v) is 4.15. The molecule has 0 spiro atoms. The fourth-order valence-corrected chi connectivity index (χ4v) is 0.624. The molecule has 0 radical (unpaired) electrons. The second-order valence-corrected chi connectivity index (χ2v) is 2.29. The van der Waals surface area contributed by atoms with Gasteiger partial charge in [0.05, 0.1) is 7.11 Å². The van der Waals surface area contributed by atoms with Gasteiger partial charge >= 0.3 is 5.97 Å². The highest BCUT2D eigenvalue weighted by Gasteiger charge is 1.87. The summed E-state index contributed by atoms with van der Waals surface area (Å²) < 4.78 is 4.41. The topological polar surface area (TPSA) is 26.3 Å². The molecule has 0 aromatic carbocycles. The van der Waals surface area contributed by atoms with Gasteiger partial charge in [0.25, 0.3) is 0 Å². The van der Waals surface area contributed by atoms with Crippen LogP contribution < -0.4 is 0 Å². The summed E-state index contributed by atoms with van der Waals surface area (Å²) in [7, 11) is 1.34. The monoisotopic (exact) mass is 188 g/mol. The molecule has 72 valence electrons. The highest BCUT2D eigenvalue weighted by Crippen LogP contribution is 1.89. The Labute approximate surface area is 84.6 Å². The zero-order valence-electron chi connectivity index (χ0n) is 8.12. The van der Waals surface area contributed by atoms with E-state index < -0.39 is 0 Å². The van der Waals surface area contributed by atoms with Crippen LogP contribution in [0.5, 0.6) is 0 Å². The molecule has 0 unspecified atom stereocenters. The molecule has 0 fully saturated rings. The lowest BCUT2D eigenvalue weighted by atomic mass is 10.3. The minimum atomic E-state index is -0.342. The first-order valence-electron chi connectivity index (χ1n) is 4.15. The van der Waals surface area contributed by atoms with E-state index >= 15 is 0 Å². The third-order valence-corrected chi connectivity index (χ3v) is 1.26. The Kier molecular flexibility index (Phi) is 7.90. The summed E-state index contributed by atoms with van der Waals surface area (Å²) in [5.41, 5.74) is 0. The van der Waals surface area contributed by atoms with Gasteiger partial charge in [-0.15, -0.1) is 6.42 Å². The molecule has 0 atom stereocenters. The van der Waals surface area contributed by atoms with Gasteiger partial charge in [-0.25, -0.2) is 4.79 Å². The van der Waals surface area contributed by atoms with Crippen LogP contribution in [-0.2, 0) is 9.53 Å². The predicted octanol–water partition coefficient (Wildman–Crippen LogP) is 1.69. The molecule has 0 saturated heterocycles. The van der Waals surface area contributed by atoms with E-state index in [0.717, 1.165) is 6.42 Å². The SMILES string of the molecule is C#C/C=C/C#CCC/C=C/C(=O)OC. The molecular formula is C12H12O2. The average Bonchev–Trinajstić information content (AvgIpc) is 2.21. The van der Waals surface area contributed by atoms with Gasteiger partial charge in [-0.05, 0) is 18.6 Å². The molecule has 0 aromatic rings. The van der Waals surface area contributed by atoms with Crippen LogP contribution >= 0.6 is 0 Å². The number of allylic oxidation sites excluding steroid dienone is 3. The van der Waals surface area contributed by atoms with Gasteiger partial charge in [-0.1, -0.05) is 23.8 Å². The second-order valence-electron chi connectivity index (χ2n) is 2.29.